The van der Waals surface area contributed by atoms with Crippen molar-refractivity contribution in [1.82, 2.24) is 15.4 Å². The molecule has 0 saturated carbocycles. The molecule has 0 fully saturated rings. The Balaban J connectivity index is 1.65. The summed E-state index contributed by atoms with van der Waals surface area (Å²) in [5.41, 5.74) is 1.50. The number of aromatic nitrogens is 1. The van der Waals surface area contributed by atoms with Crippen molar-refractivity contribution in [2.75, 3.05) is 20.6 Å². The van der Waals surface area contributed by atoms with Gasteiger partial charge in [0, 0.05) is 12.6 Å². The number of likely N-dealkylation sites (N-methyl/N-ethyl adjacent to an activating group) is 1. The molecule has 0 aromatic carbocycles. The summed E-state index contributed by atoms with van der Waals surface area (Å²) in [6.07, 6.45) is 0. The van der Waals surface area contributed by atoms with E-state index >= 15 is 0 Å². The molecule has 23 heavy (non-hydrogen) atoms. The van der Waals surface area contributed by atoms with Gasteiger partial charge in [0.25, 0.3) is 5.91 Å². The van der Waals surface area contributed by atoms with E-state index < -0.39 is 0 Å². The van der Waals surface area contributed by atoms with Crippen LogP contribution in [0.2, 0.25) is 0 Å². The monoisotopic (exact) mass is 347 g/mol. The van der Waals surface area contributed by atoms with Gasteiger partial charge in [0.05, 0.1) is 10.9 Å². The first-order valence-corrected chi connectivity index (χ1v) is 8.94. The zero-order valence-corrected chi connectivity index (χ0v) is 14.5. The highest BCUT2D eigenvalue weighted by molar-refractivity contribution is 7.13. The van der Waals surface area contributed by atoms with Crippen molar-refractivity contribution in [1.29, 1.82) is 0 Å². The molecule has 3 aromatic heterocycles. The van der Waals surface area contributed by atoms with Crippen molar-refractivity contribution in [3.63, 3.8) is 0 Å². The van der Waals surface area contributed by atoms with Crippen molar-refractivity contribution in [2.24, 2.45) is 0 Å². The minimum atomic E-state index is -0.223. The molecule has 3 heterocycles. The van der Waals surface area contributed by atoms with Crippen LogP contribution in [-0.2, 0) is 0 Å². The molecule has 120 valence electrons. The first kappa shape index (κ1) is 15.9. The Morgan fingerprint density at radius 1 is 1.39 bits per heavy atom. The van der Waals surface area contributed by atoms with E-state index in [2.05, 4.69) is 26.8 Å². The zero-order chi connectivity index (χ0) is 16.2. The predicted molar refractivity (Wildman–Crippen MR) is 92.9 cm³/mol. The maximum atomic E-state index is 12.3. The number of rotatable bonds is 6. The molecule has 1 N–H and O–H groups in total. The average Bonchev–Trinajstić information content (AvgIpc) is 3.27. The van der Waals surface area contributed by atoms with Crippen LogP contribution in [0, 0.1) is 0 Å². The van der Waals surface area contributed by atoms with Gasteiger partial charge in [-0.3, -0.25) is 4.79 Å². The van der Waals surface area contributed by atoms with Crippen molar-refractivity contribution in [3.05, 3.63) is 51.7 Å². The van der Waals surface area contributed by atoms with E-state index in [4.69, 9.17) is 4.52 Å². The van der Waals surface area contributed by atoms with Crippen LogP contribution in [0.1, 0.15) is 22.1 Å². The zero-order valence-electron chi connectivity index (χ0n) is 12.9. The molecule has 0 bridgehead atoms. The van der Waals surface area contributed by atoms with E-state index in [1.807, 2.05) is 37.0 Å². The molecule has 0 aliphatic rings. The second-order valence-corrected chi connectivity index (χ2v) is 7.03. The van der Waals surface area contributed by atoms with Crippen LogP contribution >= 0.6 is 22.7 Å². The number of amides is 1. The Morgan fingerprint density at radius 3 is 2.91 bits per heavy atom. The van der Waals surface area contributed by atoms with Crippen LogP contribution in [0.15, 0.2) is 44.9 Å². The Hall–Kier alpha value is -1.96. The van der Waals surface area contributed by atoms with E-state index in [0.717, 1.165) is 4.88 Å². The van der Waals surface area contributed by atoms with Gasteiger partial charge in [0.1, 0.15) is 0 Å². The lowest BCUT2D eigenvalue weighted by molar-refractivity contribution is 0.0933. The van der Waals surface area contributed by atoms with Gasteiger partial charge in [0.15, 0.2) is 11.5 Å². The molecule has 3 aromatic rings. The standard InChI is InChI=1S/C16H17N3O2S2/c1-19(2)13(11-5-7-22-10-11)9-17-16(20)12-8-14(21-18-12)15-4-3-6-23-15/h3-8,10,13H,9H2,1-2H3,(H,17,20)/t13-/m0/s1. The summed E-state index contributed by atoms with van der Waals surface area (Å²) < 4.78 is 5.25. The van der Waals surface area contributed by atoms with Crippen molar-refractivity contribution in [2.45, 2.75) is 6.04 Å². The quantitative estimate of drug-likeness (QED) is 0.741. The molecular weight excluding hydrogens is 330 g/mol. The van der Waals surface area contributed by atoms with E-state index in [0.29, 0.717) is 18.0 Å². The summed E-state index contributed by atoms with van der Waals surface area (Å²) in [5.74, 6) is 0.394. The van der Waals surface area contributed by atoms with Crippen LogP contribution in [0.5, 0.6) is 0 Å². The van der Waals surface area contributed by atoms with Crippen LogP contribution in [0.3, 0.4) is 0 Å². The van der Waals surface area contributed by atoms with Crippen LogP contribution in [-0.4, -0.2) is 36.6 Å². The lowest BCUT2D eigenvalue weighted by atomic mass is 10.1. The molecule has 0 unspecified atom stereocenters. The highest BCUT2D eigenvalue weighted by Crippen LogP contribution is 2.25. The minimum absolute atomic E-state index is 0.133. The second kappa shape index (κ2) is 7.08. The van der Waals surface area contributed by atoms with Gasteiger partial charge in [-0.15, -0.1) is 11.3 Å². The topological polar surface area (TPSA) is 58.4 Å². The number of carbonyl (C=O) groups excluding carboxylic acids is 1. The van der Waals surface area contributed by atoms with Gasteiger partial charge in [-0.25, -0.2) is 0 Å². The van der Waals surface area contributed by atoms with E-state index in [1.54, 1.807) is 28.7 Å². The smallest absolute Gasteiger partial charge is 0.273 e. The largest absolute Gasteiger partial charge is 0.355 e. The van der Waals surface area contributed by atoms with Crippen molar-refractivity contribution < 1.29 is 9.32 Å². The molecule has 1 atom stereocenters. The number of carbonyl (C=O) groups is 1. The summed E-state index contributed by atoms with van der Waals surface area (Å²) in [4.78, 5) is 15.3. The maximum absolute atomic E-state index is 12.3. The fourth-order valence-electron chi connectivity index (χ4n) is 2.26. The van der Waals surface area contributed by atoms with Crippen LogP contribution < -0.4 is 5.32 Å². The lowest BCUT2D eigenvalue weighted by Gasteiger charge is -2.23. The molecule has 0 saturated heterocycles. The highest BCUT2D eigenvalue weighted by atomic mass is 32.1. The molecular formula is C16H17N3O2S2. The highest BCUT2D eigenvalue weighted by Gasteiger charge is 2.18. The van der Waals surface area contributed by atoms with Crippen molar-refractivity contribution >= 4 is 28.6 Å². The van der Waals surface area contributed by atoms with Crippen molar-refractivity contribution in [3.8, 4) is 10.6 Å². The van der Waals surface area contributed by atoms with Gasteiger partial charge in [-0.05, 0) is 47.9 Å². The number of thiophene rings is 2. The number of hydrogen-bond acceptors (Lipinski definition) is 6. The second-order valence-electron chi connectivity index (χ2n) is 5.30. The number of nitrogens with one attached hydrogen (secondary N) is 1. The third-order valence-electron chi connectivity index (χ3n) is 3.51. The molecule has 0 radical (unpaired) electrons. The van der Waals surface area contributed by atoms with E-state index in [-0.39, 0.29) is 11.9 Å². The fraction of sp³-hybridized carbons (Fsp3) is 0.250. The third-order valence-corrected chi connectivity index (χ3v) is 5.10. The Labute approximate surface area is 142 Å². The molecule has 7 heteroatoms. The fourth-order valence-corrected chi connectivity index (χ4v) is 3.64. The van der Waals surface area contributed by atoms with Crippen LogP contribution in [0.25, 0.3) is 10.6 Å². The molecule has 0 aliphatic carbocycles. The first-order chi connectivity index (χ1) is 11.1. The lowest BCUT2D eigenvalue weighted by Crippen LogP contribution is -2.34. The van der Waals surface area contributed by atoms with Gasteiger partial charge in [0.2, 0.25) is 0 Å². The molecule has 0 aliphatic heterocycles. The molecule has 1 amide bonds. The first-order valence-electron chi connectivity index (χ1n) is 7.12. The summed E-state index contributed by atoms with van der Waals surface area (Å²) in [6.45, 7) is 0.518. The summed E-state index contributed by atoms with van der Waals surface area (Å²) in [7, 11) is 4.00. The van der Waals surface area contributed by atoms with Gasteiger partial charge in [-0.1, -0.05) is 11.2 Å². The average molecular weight is 347 g/mol. The minimum Gasteiger partial charge on any atom is -0.355 e. The molecule has 3 rings (SSSR count). The summed E-state index contributed by atoms with van der Waals surface area (Å²) in [5, 5.41) is 12.9. The normalized spacial score (nSPS) is 12.5. The predicted octanol–water partition coefficient (Wildman–Crippen LogP) is 3.50. The third kappa shape index (κ3) is 3.69. The maximum Gasteiger partial charge on any atom is 0.273 e. The molecule has 5 nitrogen and oxygen atoms in total. The number of nitrogens with zero attached hydrogens (tertiary/aromatic N) is 2. The Morgan fingerprint density at radius 2 is 2.26 bits per heavy atom. The SMILES string of the molecule is CN(C)[C@@H](CNC(=O)c1cc(-c2cccs2)on1)c1ccsc1. The van der Waals surface area contributed by atoms with E-state index in [1.165, 1.54) is 5.56 Å². The molecule has 0 spiro atoms. The van der Waals surface area contributed by atoms with E-state index in [9.17, 15) is 4.79 Å². The summed E-state index contributed by atoms with van der Waals surface area (Å²) in [6, 6.07) is 7.76. The summed E-state index contributed by atoms with van der Waals surface area (Å²) >= 11 is 3.20. The Kier molecular flexibility index (Phi) is 4.90. The van der Waals surface area contributed by atoms with Crippen LogP contribution in [0.4, 0.5) is 0 Å². The van der Waals surface area contributed by atoms with Gasteiger partial charge < -0.3 is 14.7 Å². The number of hydrogen-bond donors (Lipinski definition) is 1. The van der Waals surface area contributed by atoms with Gasteiger partial charge >= 0.3 is 0 Å². The van der Waals surface area contributed by atoms with Gasteiger partial charge in [-0.2, -0.15) is 11.3 Å². The Bertz CT molecular complexity index is 748.